The van der Waals surface area contributed by atoms with Crippen LogP contribution in [0.25, 0.3) is 11.4 Å². The monoisotopic (exact) mass is 207 g/mol. The third-order valence-corrected chi connectivity index (χ3v) is 1.90. The molecule has 0 spiro atoms. The predicted octanol–water partition coefficient (Wildman–Crippen LogP) is 1.60. The van der Waals surface area contributed by atoms with Crippen molar-refractivity contribution in [3.8, 4) is 11.4 Å². The minimum atomic E-state index is -0.280. The number of rotatable bonds is 3. The summed E-state index contributed by atoms with van der Waals surface area (Å²) in [6, 6.07) is 5.96. The van der Waals surface area contributed by atoms with Crippen LogP contribution in [-0.4, -0.2) is 17.2 Å². The molecule has 2 aromatic rings. The molecule has 0 saturated carbocycles. The van der Waals surface area contributed by atoms with Crippen molar-refractivity contribution in [2.45, 2.75) is 6.54 Å². The number of hydrogen-bond acceptors (Lipinski definition) is 4. The molecule has 4 nitrogen and oxygen atoms in total. The van der Waals surface area contributed by atoms with E-state index in [0.717, 1.165) is 5.56 Å². The molecule has 15 heavy (non-hydrogen) atoms. The van der Waals surface area contributed by atoms with Gasteiger partial charge in [-0.05, 0) is 31.3 Å². The van der Waals surface area contributed by atoms with Crippen LogP contribution in [-0.2, 0) is 6.54 Å². The Morgan fingerprint density at radius 3 is 2.73 bits per heavy atom. The predicted molar refractivity (Wildman–Crippen MR) is 52.5 cm³/mol. The molecule has 1 N–H and O–H groups in total. The Labute approximate surface area is 86.1 Å². The summed E-state index contributed by atoms with van der Waals surface area (Å²) in [5, 5.41) is 6.69. The first-order valence-corrected chi connectivity index (χ1v) is 4.52. The van der Waals surface area contributed by atoms with E-state index in [4.69, 9.17) is 4.52 Å². The van der Waals surface area contributed by atoms with Crippen LogP contribution in [0.1, 0.15) is 5.89 Å². The van der Waals surface area contributed by atoms with Crippen molar-refractivity contribution in [1.82, 2.24) is 15.5 Å². The Hall–Kier alpha value is -1.75. The van der Waals surface area contributed by atoms with Crippen LogP contribution in [0.4, 0.5) is 4.39 Å². The Balaban J connectivity index is 2.25. The summed E-state index contributed by atoms with van der Waals surface area (Å²) in [4.78, 5) is 4.14. The second-order valence-corrected chi connectivity index (χ2v) is 3.05. The lowest BCUT2D eigenvalue weighted by Crippen LogP contribution is -2.04. The third kappa shape index (κ3) is 2.19. The van der Waals surface area contributed by atoms with E-state index in [1.54, 1.807) is 19.2 Å². The molecule has 0 saturated heterocycles. The average Bonchev–Trinajstić information content (AvgIpc) is 2.68. The topological polar surface area (TPSA) is 51.0 Å². The normalized spacial score (nSPS) is 10.5. The van der Waals surface area contributed by atoms with Gasteiger partial charge in [-0.2, -0.15) is 4.98 Å². The van der Waals surface area contributed by atoms with Crippen molar-refractivity contribution < 1.29 is 8.91 Å². The molecule has 2 rings (SSSR count). The summed E-state index contributed by atoms with van der Waals surface area (Å²) in [6.07, 6.45) is 0. The highest BCUT2D eigenvalue weighted by atomic mass is 19.1. The molecule has 0 atom stereocenters. The Kier molecular flexibility index (Phi) is 2.73. The van der Waals surface area contributed by atoms with Crippen molar-refractivity contribution >= 4 is 0 Å². The van der Waals surface area contributed by atoms with Crippen molar-refractivity contribution in [2.75, 3.05) is 7.05 Å². The fourth-order valence-corrected chi connectivity index (χ4v) is 1.19. The first-order chi connectivity index (χ1) is 7.29. The molecule has 0 aliphatic heterocycles. The smallest absolute Gasteiger partial charge is 0.240 e. The fraction of sp³-hybridized carbons (Fsp3) is 0.200. The summed E-state index contributed by atoms with van der Waals surface area (Å²) in [5.41, 5.74) is 0.738. The number of aromatic nitrogens is 2. The minimum absolute atomic E-state index is 0.280. The van der Waals surface area contributed by atoms with Gasteiger partial charge < -0.3 is 9.84 Å². The molecule has 0 aliphatic rings. The molecule has 0 radical (unpaired) electrons. The molecule has 0 unspecified atom stereocenters. The molecule has 5 heteroatoms. The summed E-state index contributed by atoms with van der Waals surface area (Å²) in [7, 11) is 1.79. The first-order valence-electron chi connectivity index (χ1n) is 4.52. The first kappa shape index (κ1) is 9.79. The van der Waals surface area contributed by atoms with Gasteiger partial charge in [0.15, 0.2) is 0 Å². The van der Waals surface area contributed by atoms with E-state index in [1.165, 1.54) is 12.1 Å². The van der Waals surface area contributed by atoms with Gasteiger partial charge in [-0.25, -0.2) is 4.39 Å². The van der Waals surface area contributed by atoms with E-state index < -0.39 is 0 Å². The second kappa shape index (κ2) is 4.18. The van der Waals surface area contributed by atoms with E-state index in [1.807, 2.05) is 0 Å². The summed E-state index contributed by atoms with van der Waals surface area (Å²) in [5.74, 6) is 0.703. The molecule has 78 valence electrons. The van der Waals surface area contributed by atoms with Crippen molar-refractivity contribution in [1.29, 1.82) is 0 Å². The van der Waals surface area contributed by atoms with Crippen molar-refractivity contribution in [2.24, 2.45) is 0 Å². The van der Waals surface area contributed by atoms with Crippen LogP contribution >= 0.6 is 0 Å². The van der Waals surface area contributed by atoms with E-state index >= 15 is 0 Å². The van der Waals surface area contributed by atoms with E-state index in [2.05, 4.69) is 15.5 Å². The Bertz CT molecular complexity index is 438. The lowest BCUT2D eigenvalue weighted by Gasteiger charge is -1.92. The van der Waals surface area contributed by atoms with Crippen molar-refractivity contribution in [3.63, 3.8) is 0 Å². The van der Waals surface area contributed by atoms with Crippen molar-refractivity contribution in [3.05, 3.63) is 36.0 Å². The lowest BCUT2D eigenvalue weighted by atomic mass is 10.2. The maximum Gasteiger partial charge on any atom is 0.240 e. The molecule has 1 aromatic heterocycles. The van der Waals surface area contributed by atoms with Gasteiger partial charge in [0.1, 0.15) is 5.82 Å². The molecule has 1 aromatic carbocycles. The maximum absolute atomic E-state index is 12.7. The Morgan fingerprint density at radius 1 is 1.33 bits per heavy atom. The highest BCUT2D eigenvalue weighted by Gasteiger charge is 2.07. The molecule has 0 amide bonds. The standard InChI is InChI=1S/C10H10FN3O/c1-12-6-9-13-10(14-15-9)7-2-4-8(11)5-3-7/h2-5,12H,6H2,1H3. The molecule has 0 fully saturated rings. The quantitative estimate of drug-likeness (QED) is 0.830. The van der Waals surface area contributed by atoms with Gasteiger partial charge in [0.05, 0.1) is 6.54 Å². The van der Waals surface area contributed by atoms with Gasteiger partial charge in [0, 0.05) is 5.56 Å². The van der Waals surface area contributed by atoms with Gasteiger partial charge >= 0.3 is 0 Å². The zero-order valence-corrected chi connectivity index (χ0v) is 8.20. The van der Waals surface area contributed by atoms with Crippen LogP contribution < -0.4 is 5.32 Å². The van der Waals surface area contributed by atoms with Gasteiger partial charge in [0.25, 0.3) is 0 Å². The third-order valence-electron chi connectivity index (χ3n) is 1.90. The van der Waals surface area contributed by atoms with E-state index in [0.29, 0.717) is 18.3 Å². The average molecular weight is 207 g/mol. The van der Waals surface area contributed by atoms with Gasteiger partial charge in [0.2, 0.25) is 11.7 Å². The largest absolute Gasteiger partial charge is 0.338 e. The minimum Gasteiger partial charge on any atom is -0.338 e. The molecular weight excluding hydrogens is 197 g/mol. The molecule has 1 heterocycles. The fourth-order valence-electron chi connectivity index (χ4n) is 1.19. The molecule has 0 bridgehead atoms. The van der Waals surface area contributed by atoms with Gasteiger partial charge in [-0.1, -0.05) is 5.16 Å². The van der Waals surface area contributed by atoms with E-state index in [9.17, 15) is 4.39 Å². The number of nitrogens with zero attached hydrogens (tertiary/aromatic N) is 2. The van der Waals surface area contributed by atoms with Crippen LogP contribution in [0.15, 0.2) is 28.8 Å². The van der Waals surface area contributed by atoms with Gasteiger partial charge in [-0.3, -0.25) is 0 Å². The molecule has 0 aliphatic carbocycles. The highest BCUT2D eigenvalue weighted by Crippen LogP contribution is 2.15. The second-order valence-electron chi connectivity index (χ2n) is 3.05. The highest BCUT2D eigenvalue weighted by molar-refractivity contribution is 5.53. The number of nitrogens with one attached hydrogen (secondary N) is 1. The maximum atomic E-state index is 12.7. The van der Waals surface area contributed by atoms with Crippen LogP contribution in [0.5, 0.6) is 0 Å². The van der Waals surface area contributed by atoms with Gasteiger partial charge in [-0.15, -0.1) is 0 Å². The number of halogens is 1. The number of benzene rings is 1. The summed E-state index contributed by atoms with van der Waals surface area (Å²) in [6.45, 7) is 0.522. The van der Waals surface area contributed by atoms with Crippen LogP contribution in [0.2, 0.25) is 0 Å². The zero-order valence-electron chi connectivity index (χ0n) is 8.20. The lowest BCUT2D eigenvalue weighted by molar-refractivity contribution is 0.372. The van der Waals surface area contributed by atoms with Crippen LogP contribution in [0, 0.1) is 5.82 Å². The van der Waals surface area contributed by atoms with Crippen LogP contribution in [0.3, 0.4) is 0 Å². The SMILES string of the molecule is CNCc1nc(-c2ccc(F)cc2)no1. The number of hydrogen-bond donors (Lipinski definition) is 1. The Morgan fingerprint density at radius 2 is 2.07 bits per heavy atom. The summed E-state index contributed by atoms with van der Waals surface area (Å²) < 4.78 is 17.6. The summed E-state index contributed by atoms with van der Waals surface area (Å²) >= 11 is 0. The zero-order chi connectivity index (χ0) is 10.7. The van der Waals surface area contributed by atoms with E-state index in [-0.39, 0.29) is 5.82 Å². The molecular formula is C10H10FN3O.